The quantitative estimate of drug-likeness (QED) is 0.664. The maximum Gasteiger partial charge on any atom is 0.272 e. The van der Waals surface area contributed by atoms with E-state index in [1.807, 2.05) is 13.0 Å². The van der Waals surface area contributed by atoms with Gasteiger partial charge in [-0.2, -0.15) is 0 Å². The number of rotatable bonds is 5. The largest absolute Gasteiger partial charge is 0.309 e. The third kappa shape index (κ3) is 3.59. The molecule has 0 bridgehead atoms. The lowest BCUT2D eigenvalue weighted by atomic mass is 10.0. The second-order valence-corrected chi connectivity index (χ2v) is 7.96. The van der Waals surface area contributed by atoms with Crippen molar-refractivity contribution >= 4 is 15.5 Å². The molecule has 21 heavy (non-hydrogen) atoms. The Hall–Kier alpha value is -1.47. The van der Waals surface area contributed by atoms with E-state index >= 15 is 0 Å². The lowest BCUT2D eigenvalue weighted by Gasteiger charge is -2.17. The van der Waals surface area contributed by atoms with Crippen molar-refractivity contribution in [3.63, 3.8) is 0 Å². The summed E-state index contributed by atoms with van der Waals surface area (Å²) in [7, 11) is -2.96. The van der Waals surface area contributed by atoms with E-state index < -0.39 is 14.8 Å². The first-order valence-electron chi connectivity index (χ1n) is 7.01. The molecule has 1 heterocycles. The summed E-state index contributed by atoms with van der Waals surface area (Å²) in [6, 6.07) is 4.98. The van der Waals surface area contributed by atoms with Crippen LogP contribution in [0.15, 0.2) is 18.2 Å². The van der Waals surface area contributed by atoms with Crippen LogP contribution in [0.25, 0.3) is 0 Å². The lowest BCUT2D eigenvalue weighted by Crippen LogP contribution is -2.32. The Morgan fingerprint density at radius 3 is 2.76 bits per heavy atom. The monoisotopic (exact) mass is 312 g/mol. The minimum Gasteiger partial charge on any atom is -0.309 e. The Morgan fingerprint density at radius 2 is 2.19 bits per heavy atom. The molecule has 116 valence electrons. The first kappa shape index (κ1) is 15.9. The first-order valence-corrected chi connectivity index (χ1v) is 8.72. The molecule has 0 saturated carbocycles. The van der Waals surface area contributed by atoms with E-state index in [1.54, 1.807) is 19.1 Å². The molecule has 1 aromatic carbocycles. The van der Waals surface area contributed by atoms with E-state index in [9.17, 15) is 18.5 Å². The molecule has 1 fully saturated rings. The molecule has 1 N–H and O–H groups in total. The number of nitrogens with one attached hydrogen (secondary N) is 1. The Kier molecular flexibility index (Phi) is 4.63. The zero-order valence-electron chi connectivity index (χ0n) is 12.2. The number of sulfone groups is 1. The molecule has 0 amide bonds. The van der Waals surface area contributed by atoms with Crippen molar-refractivity contribution in [2.45, 2.75) is 38.0 Å². The molecular formula is C14H20N2O4S. The van der Waals surface area contributed by atoms with Crippen LogP contribution >= 0.6 is 0 Å². The number of aryl methyl sites for hydroxylation is 1. The van der Waals surface area contributed by atoms with Crippen molar-refractivity contribution in [1.29, 1.82) is 0 Å². The summed E-state index contributed by atoms with van der Waals surface area (Å²) in [6.07, 6.45) is 1.41. The second kappa shape index (κ2) is 6.11. The van der Waals surface area contributed by atoms with Crippen LogP contribution in [0, 0.1) is 17.0 Å². The van der Waals surface area contributed by atoms with Gasteiger partial charge in [-0.25, -0.2) is 8.42 Å². The summed E-state index contributed by atoms with van der Waals surface area (Å²) in [4.78, 5) is 10.6. The summed E-state index contributed by atoms with van der Waals surface area (Å²) < 4.78 is 23.5. The highest BCUT2D eigenvalue weighted by atomic mass is 32.2. The molecule has 1 aromatic rings. The molecule has 1 saturated heterocycles. The fourth-order valence-corrected chi connectivity index (χ4v) is 4.38. The van der Waals surface area contributed by atoms with Crippen LogP contribution < -0.4 is 5.32 Å². The van der Waals surface area contributed by atoms with E-state index in [2.05, 4.69) is 5.32 Å². The Bertz CT molecular complexity index is 642. The van der Waals surface area contributed by atoms with Crippen LogP contribution in [0.1, 0.15) is 36.9 Å². The highest BCUT2D eigenvalue weighted by Crippen LogP contribution is 2.24. The number of hydrogen-bond acceptors (Lipinski definition) is 5. The summed E-state index contributed by atoms with van der Waals surface area (Å²) in [6.45, 7) is 3.98. The molecule has 1 aliphatic heterocycles. The van der Waals surface area contributed by atoms with Gasteiger partial charge in [0.15, 0.2) is 9.84 Å². The average Bonchev–Trinajstić information content (AvgIpc) is 2.75. The van der Waals surface area contributed by atoms with E-state index in [0.29, 0.717) is 18.5 Å². The van der Waals surface area contributed by atoms with Crippen molar-refractivity contribution < 1.29 is 13.3 Å². The van der Waals surface area contributed by atoms with Crippen LogP contribution in [-0.4, -0.2) is 30.9 Å². The van der Waals surface area contributed by atoms with Gasteiger partial charge >= 0.3 is 0 Å². The molecule has 1 aliphatic rings. The molecular weight excluding hydrogens is 292 g/mol. The zero-order chi connectivity index (χ0) is 15.6. The van der Waals surface area contributed by atoms with E-state index in [4.69, 9.17) is 0 Å². The number of nitro groups is 1. The third-order valence-electron chi connectivity index (χ3n) is 4.04. The predicted octanol–water partition coefficient (Wildman–Crippen LogP) is 2.13. The number of nitro benzene ring substituents is 1. The molecule has 2 unspecified atom stereocenters. The highest BCUT2D eigenvalue weighted by Gasteiger charge is 2.31. The standard InChI is InChI=1S/C14H20N2O4S/c1-10-5-6-12(8-14(10)16(17)18)11(2)15-9-13-4-3-7-21(13,19)20/h5-6,8,11,13,15H,3-4,7,9H2,1-2H3. The highest BCUT2D eigenvalue weighted by molar-refractivity contribution is 7.92. The van der Waals surface area contributed by atoms with Crippen LogP contribution in [0.5, 0.6) is 0 Å². The van der Waals surface area contributed by atoms with Crippen LogP contribution in [0.3, 0.4) is 0 Å². The molecule has 0 spiro atoms. The SMILES string of the molecule is Cc1ccc(C(C)NCC2CCCS2(=O)=O)cc1[N+](=O)[O-]. The summed E-state index contributed by atoms with van der Waals surface area (Å²) in [5.41, 5.74) is 1.51. The molecule has 0 aromatic heterocycles. The van der Waals surface area contributed by atoms with Crippen LogP contribution in [-0.2, 0) is 9.84 Å². The van der Waals surface area contributed by atoms with Gasteiger partial charge in [0.2, 0.25) is 0 Å². The molecule has 0 radical (unpaired) electrons. The smallest absolute Gasteiger partial charge is 0.272 e. The van der Waals surface area contributed by atoms with Crippen molar-refractivity contribution in [3.8, 4) is 0 Å². The Morgan fingerprint density at radius 1 is 1.48 bits per heavy atom. The van der Waals surface area contributed by atoms with Crippen molar-refractivity contribution in [2.75, 3.05) is 12.3 Å². The first-order chi connectivity index (χ1) is 9.81. The van der Waals surface area contributed by atoms with E-state index in [-0.39, 0.29) is 22.7 Å². The van der Waals surface area contributed by atoms with Gasteiger partial charge in [-0.3, -0.25) is 10.1 Å². The normalized spacial score (nSPS) is 22.1. The fourth-order valence-electron chi connectivity index (χ4n) is 2.61. The predicted molar refractivity (Wildman–Crippen MR) is 81.1 cm³/mol. The summed E-state index contributed by atoms with van der Waals surface area (Å²) >= 11 is 0. The molecule has 2 atom stereocenters. The van der Waals surface area contributed by atoms with Crippen molar-refractivity contribution in [1.82, 2.24) is 5.32 Å². The lowest BCUT2D eigenvalue weighted by molar-refractivity contribution is -0.385. The minimum absolute atomic E-state index is 0.0923. The van der Waals surface area contributed by atoms with Gasteiger partial charge in [0.1, 0.15) is 0 Å². The molecule has 7 heteroatoms. The number of hydrogen-bond donors (Lipinski definition) is 1. The zero-order valence-corrected chi connectivity index (χ0v) is 13.0. The van der Waals surface area contributed by atoms with Gasteiger partial charge in [0.25, 0.3) is 5.69 Å². The third-order valence-corrected chi connectivity index (χ3v) is 6.32. The number of benzene rings is 1. The maximum absolute atomic E-state index is 11.8. The Balaban J connectivity index is 2.05. The summed E-state index contributed by atoms with van der Waals surface area (Å²) in [5, 5.41) is 13.8. The summed E-state index contributed by atoms with van der Waals surface area (Å²) in [5.74, 6) is 0.268. The molecule has 2 rings (SSSR count). The van der Waals surface area contributed by atoms with Gasteiger partial charge < -0.3 is 5.32 Å². The maximum atomic E-state index is 11.8. The fraction of sp³-hybridized carbons (Fsp3) is 0.571. The van der Waals surface area contributed by atoms with Crippen LogP contribution in [0.4, 0.5) is 5.69 Å². The van der Waals surface area contributed by atoms with Gasteiger partial charge in [-0.05, 0) is 32.3 Å². The number of nitrogens with zero attached hydrogens (tertiary/aromatic N) is 1. The topological polar surface area (TPSA) is 89.3 Å². The van der Waals surface area contributed by atoms with E-state index in [0.717, 1.165) is 12.0 Å². The van der Waals surface area contributed by atoms with Crippen molar-refractivity contribution in [2.24, 2.45) is 0 Å². The minimum atomic E-state index is -2.96. The molecule has 0 aliphatic carbocycles. The van der Waals surface area contributed by atoms with Gasteiger partial charge in [-0.15, -0.1) is 0 Å². The van der Waals surface area contributed by atoms with Crippen molar-refractivity contribution in [3.05, 3.63) is 39.4 Å². The van der Waals surface area contributed by atoms with Gasteiger partial charge in [0.05, 0.1) is 15.9 Å². The van der Waals surface area contributed by atoms with Gasteiger partial charge in [-0.1, -0.05) is 12.1 Å². The molecule has 6 nitrogen and oxygen atoms in total. The average molecular weight is 312 g/mol. The second-order valence-electron chi connectivity index (χ2n) is 5.56. The van der Waals surface area contributed by atoms with Gasteiger partial charge in [0, 0.05) is 24.2 Å². The Labute approximate surface area is 124 Å². The van der Waals surface area contributed by atoms with E-state index in [1.165, 1.54) is 0 Å². The van der Waals surface area contributed by atoms with Crippen LogP contribution in [0.2, 0.25) is 0 Å².